The Kier molecular flexibility index (Phi) is 8.49. The first-order chi connectivity index (χ1) is 27.7. The van der Waals surface area contributed by atoms with E-state index in [1.54, 1.807) is 0 Å². The molecule has 4 heteroatoms. The van der Waals surface area contributed by atoms with Crippen molar-refractivity contribution in [2.45, 2.75) is 18.3 Å². The number of rotatable bonds is 7. The van der Waals surface area contributed by atoms with Gasteiger partial charge in [0.2, 0.25) is 0 Å². The average Bonchev–Trinajstić information content (AvgIpc) is 3.29. The predicted molar refractivity (Wildman–Crippen MR) is 226 cm³/mol. The van der Waals surface area contributed by atoms with Crippen LogP contribution in [0.4, 0.5) is 0 Å². The maximum Gasteiger partial charge on any atom is 0.164 e. The summed E-state index contributed by atoms with van der Waals surface area (Å²) in [6.45, 7) is 0. The second-order valence-corrected chi connectivity index (χ2v) is 14.3. The topological polar surface area (TPSA) is 47.9 Å². The molecule has 0 saturated carbocycles. The van der Waals surface area contributed by atoms with E-state index in [2.05, 4.69) is 140 Å². The smallest absolute Gasteiger partial charge is 0.164 e. The summed E-state index contributed by atoms with van der Waals surface area (Å²) in [7, 11) is 0. The van der Waals surface area contributed by atoms with Crippen LogP contribution in [0.2, 0.25) is 0 Å². The van der Waals surface area contributed by atoms with Crippen molar-refractivity contribution in [2.75, 3.05) is 0 Å². The number of hydrogen-bond acceptors (Lipinski definition) is 4. The molecule has 0 spiro atoms. The quantitative estimate of drug-likeness (QED) is 0.165. The molecule has 1 aliphatic heterocycles. The summed E-state index contributed by atoms with van der Waals surface area (Å²) in [5.41, 5.74) is 11.7. The lowest BCUT2D eigenvalue weighted by Gasteiger charge is -2.43. The molecule has 0 fully saturated rings. The lowest BCUT2D eigenvalue weighted by Crippen LogP contribution is -2.35. The van der Waals surface area contributed by atoms with E-state index in [9.17, 15) is 0 Å². The average molecular weight is 720 g/mol. The highest BCUT2D eigenvalue weighted by Crippen LogP contribution is 2.57. The maximum absolute atomic E-state index is 6.70. The van der Waals surface area contributed by atoms with Crippen LogP contribution in [-0.4, -0.2) is 15.0 Å². The molecule has 0 saturated heterocycles. The molecule has 1 aliphatic carbocycles. The second-order valence-electron chi connectivity index (χ2n) is 14.3. The van der Waals surface area contributed by atoms with Crippen LogP contribution in [0.15, 0.2) is 206 Å². The summed E-state index contributed by atoms with van der Waals surface area (Å²) in [5.74, 6) is 3.71. The van der Waals surface area contributed by atoms with Crippen molar-refractivity contribution in [1.82, 2.24) is 15.0 Å². The van der Waals surface area contributed by atoms with Crippen LogP contribution < -0.4 is 4.74 Å². The van der Waals surface area contributed by atoms with Gasteiger partial charge in [0.15, 0.2) is 17.5 Å². The predicted octanol–water partition coefficient (Wildman–Crippen LogP) is 12.9. The molecule has 1 aromatic heterocycles. The van der Waals surface area contributed by atoms with Gasteiger partial charge in [-0.1, -0.05) is 175 Å². The Bertz CT molecular complexity index is 2720. The minimum absolute atomic E-state index is 0.500. The van der Waals surface area contributed by atoms with Crippen LogP contribution in [0.25, 0.3) is 56.4 Å². The Morgan fingerprint density at radius 1 is 0.411 bits per heavy atom. The molecule has 266 valence electrons. The van der Waals surface area contributed by atoms with Crippen molar-refractivity contribution in [2.24, 2.45) is 0 Å². The van der Waals surface area contributed by atoms with Crippen LogP contribution in [-0.2, 0) is 5.41 Å². The highest BCUT2D eigenvalue weighted by atomic mass is 16.5. The Morgan fingerprint density at radius 3 is 1.54 bits per heavy atom. The Morgan fingerprint density at radius 2 is 0.911 bits per heavy atom. The third-order valence-electron chi connectivity index (χ3n) is 10.9. The molecule has 2 aliphatic rings. The largest absolute Gasteiger partial charge is 0.457 e. The third kappa shape index (κ3) is 5.93. The van der Waals surface area contributed by atoms with Gasteiger partial charge < -0.3 is 4.74 Å². The molecule has 56 heavy (non-hydrogen) atoms. The van der Waals surface area contributed by atoms with Gasteiger partial charge in [-0.05, 0) is 71.0 Å². The minimum Gasteiger partial charge on any atom is -0.457 e. The number of para-hydroxylation sites is 1. The molecular weight excluding hydrogens is 683 g/mol. The van der Waals surface area contributed by atoms with Crippen LogP contribution in [0.5, 0.6) is 11.5 Å². The third-order valence-corrected chi connectivity index (χ3v) is 10.9. The van der Waals surface area contributed by atoms with E-state index < -0.39 is 5.41 Å². The molecule has 1 unspecified atom stereocenters. The summed E-state index contributed by atoms with van der Waals surface area (Å²) in [4.78, 5) is 14.9. The minimum atomic E-state index is -0.500. The Labute approximate surface area is 327 Å². The van der Waals surface area contributed by atoms with E-state index >= 15 is 0 Å². The van der Waals surface area contributed by atoms with Crippen molar-refractivity contribution in [3.63, 3.8) is 0 Å². The van der Waals surface area contributed by atoms with Gasteiger partial charge in [-0.25, -0.2) is 15.0 Å². The fraction of sp³-hybridized carbons (Fsp3) is 0.0577. The normalized spacial score (nSPS) is 15.6. The van der Waals surface area contributed by atoms with Crippen molar-refractivity contribution in [3.05, 3.63) is 222 Å². The monoisotopic (exact) mass is 719 g/mol. The molecule has 7 aromatic carbocycles. The molecule has 8 aromatic rings. The van der Waals surface area contributed by atoms with Crippen LogP contribution in [0.3, 0.4) is 0 Å². The zero-order chi connectivity index (χ0) is 37.3. The molecule has 4 nitrogen and oxygen atoms in total. The number of allylic oxidation sites excluding steroid dienone is 4. The number of fused-ring (bicyclic) bond motifs is 2. The molecular formula is C52H37N3O. The first kappa shape index (κ1) is 33.4. The molecule has 1 atom stereocenters. The van der Waals surface area contributed by atoms with E-state index in [0.29, 0.717) is 17.5 Å². The number of aromatic nitrogens is 3. The van der Waals surface area contributed by atoms with Gasteiger partial charge in [-0.3, -0.25) is 0 Å². The van der Waals surface area contributed by atoms with E-state index in [0.717, 1.165) is 68.8 Å². The highest BCUT2D eigenvalue weighted by molar-refractivity contribution is 5.79. The van der Waals surface area contributed by atoms with Gasteiger partial charge in [-0.2, -0.15) is 0 Å². The van der Waals surface area contributed by atoms with Gasteiger partial charge in [0, 0.05) is 27.8 Å². The second kappa shape index (κ2) is 14.2. The number of ether oxygens (including phenoxy) is 1. The van der Waals surface area contributed by atoms with Crippen molar-refractivity contribution < 1.29 is 4.74 Å². The van der Waals surface area contributed by atoms with Gasteiger partial charge in [0.25, 0.3) is 0 Å². The number of nitrogens with zero attached hydrogens (tertiary/aromatic N) is 3. The maximum atomic E-state index is 6.70. The number of benzene rings is 7. The van der Waals surface area contributed by atoms with Crippen LogP contribution in [0, 0.1) is 0 Å². The molecule has 10 rings (SSSR count). The van der Waals surface area contributed by atoms with Crippen molar-refractivity contribution in [3.8, 4) is 67.9 Å². The van der Waals surface area contributed by atoms with Gasteiger partial charge in [0.1, 0.15) is 11.5 Å². The lowest BCUT2D eigenvalue weighted by molar-refractivity contribution is 0.430. The Balaban J connectivity index is 1.08. The fourth-order valence-electron chi connectivity index (χ4n) is 8.32. The van der Waals surface area contributed by atoms with Crippen molar-refractivity contribution in [1.29, 1.82) is 0 Å². The standard InChI is InChI=1S/C52H37N3O/c1-5-17-36(18-6-1)49-53-50(37-19-7-2-8-20-37)55-51(54-49)42-24-16-23-40(34-42)38-21-15-22-39(33-38)41-31-32-48-46(35-41)52(43-25-9-3-10-26-43,44-27-11-4-12-28-44)45-29-13-14-30-47(45)56-48/h1-11,13-27,29-35H,12,28H2. The zero-order valence-electron chi connectivity index (χ0n) is 30.7. The first-order valence-corrected chi connectivity index (χ1v) is 19.2. The zero-order valence-corrected chi connectivity index (χ0v) is 30.7. The van der Waals surface area contributed by atoms with Gasteiger partial charge in [0.05, 0.1) is 5.41 Å². The molecule has 0 N–H and O–H groups in total. The van der Waals surface area contributed by atoms with E-state index in [4.69, 9.17) is 19.7 Å². The summed E-state index contributed by atoms with van der Waals surface area (Å²) in [6.07, 6.45) is 8.77. The van der Waals surface area contributed by atoms with Crippen molar-refractivity contribution >= 4 is 0 Å². The van der Waals surface area contributed by atoms with Crippen LogP contribution in [0.1, 0.15) is 29.5 Å². The van der Waals surface area contributed by atoms with E-state index in [1.807, 2.05) is 60.7 Å². The van der Waals surface area contributed by atoms with E-state index in [1.165, 1.54) is 16.7 Å². The fourth-order valence-corrected chi connectivity index (χ4v) is 8.32. The summed E-state index contributed by atoms with van der Waals surface area (Å²) < 4.78 is 6.70. The van der Waals surface area contributed by atoms with Gasteiger partial charge in [-0.15, -0.1) is 0 Å². The summed E-state index contributed by atoms with van der Waals surface area (Å²) in [5, 5.41) is 0. The number of hydrogen-bond donors (Lipinski definition) is 0. The molecule has 0 radical (unpaired) electrons. The van der Waals surface area contributed by atoms with Crippen LogP contribution >= 0.6 is 0 Å². The first-order valence-electron chi connectivity index (χ1n) is 19.2. The molecule has 0 bridgehead atoms. The van der Waals surface area contributed by atoms with E-state index in [-0.39, 0.29) is 0 Å². The molecule has 2 heterocycles. The summed E-state index contributed by atoms with van der Waals surface area (Å²) >= 11 is 0. The van der Waals surface area contributed by atoms with Gasteiger partial charge >= 0.3 is 0 Å². The summed E-state index contributed by atoms with van der Waals surface area (Å²) in [6, 6.07) is 63.6. The molecule has 0 amide bonds. The lowest BCUT2D eigenvalue weighted by atomic mass is 9.61. The Hall–Kier alpha value is -7.17. The highest BCUT2D eigenvalue weighted by Gasteiger charge is 2.46. The SMILES string of the molecule is C1=CCCC(C2(c3ccccc3)c3ccccc3Oc3ccc(-c4cccc(-c5cccc(-c6nc(-c7ccccc7)nc(-c7ccccc7)n6)c5)c4)cc32)=C1.